The van der Waals surface area contributed by atoms with Gasteiger partial charge in [0.05, 0.1) is 12.6 Å². The largest absolute Gasteiger partial charge is 0.391 e. The van der Waals surface area contributed by atoms with E-state index in [0.717, 1.165) is 16.7 Å². The second-order valence-corrected chi connectivity index (χ2v) is 8.47. The summed E-state index contributed by atoms with van der Waals surface area (Å²) in [5.74, 6) is -1.67. The molecule has 10 heteroatoms. The zero-order valence-corrected chi connectivity index (χ0v) is 20.3. The molecule has 3 aromatic rings. The van der Waals surface area contributed by atoms with E-state index in [2.05, 4.69) is 16.0 Å². The molecule has 188 valence electrons. The normalized spacial score (nSPS) is 12.3. The van der Waals surface area contributed by atoms with Crippen LogP contribution in [0.4, 0.5) is 5.69 Å². The summed E-state index contributed by atoms with van der Waals surface area (Å²) in [6.07, 6.45) is -1.20. The lowest BCUT2D eigenvalue weighted by atomic mass is 10.0. The highest BCUT2D eigenvalue weighted by Gasteiger charge is 2.25. The Labute approximate surface area is 213 Å². The molecule has 0 aromatic heterocycles. The monoisotopic (exact) mass is 510 g/mol. The molecule has 0 saturated heterocycles. The van der Waals surface area contributed by atoms with Crippen LogP contribution in [0.1, 0.15) is 22.8 Å². The first-order chi connectivity index (χ1) is 17.3. The third-order valence-corrected chi connectivity index (χ3v) is 5.74. The molecule has 0 heterocycles. The molecular weight excluding hydrogens is 484 g/mol. The number of anilines is 1. The number of benzene rings is 3. The summed E-state index contributed by atoms with van der Waals surface area (Å²) < 4.78 is 0. The quantitative estimate of drug-likeness (QED) is 0.183. The Balaban J connectivity index is 1.54. The SMILES string of the molecule is C[C@@H](O)[C@H](NC(=O)c1ccc(-c2ccc(NC(=O)CNCc3ccccc3Cl)cc2)cc1)C(=O)NO. The third-order valence-electron chi connectivity index (χ3n) is 5.37. The lowest BCUT2D eigenvalue weighted by Gasteiger charge is -2.19. The van der Waals surface area contributed by atoms with Crippen molar-refractivity contribution in [3.05, 3.63) is 88.9 Å². The summed E-state index contributed by atoms with van der Waals surface area (Å²) in [6, 6.07) is 20.0. The number of rotatable bonds is 10. The van der Waals surface area contributed by atoms with Gasteiger partial charge in [-0.05, 0) is 53.9 Å². The minimum absolute atomic E-state index is 0.131. The van der Waals surface area contributed by atoms with E-state index in [1.807, 2.05) is 30.3 Å². The number of hydrogen-bond donors (Lipinski definition) is 6. The first-order valence-corrected chi connectivity index (χ1v) is 11.5. The van der Waals surface area contributed by atoms with Crippen LogP contribution >= 0.6 is 11.6 Å². The highest BCUT2D eigenvalue weighted by molar-refractivity contribution is 6.31. The fourth-order valence-corrected chi connectivity index (χ4v) is 3.62. The maximum absolute atomic E-state index is 12.4. The maximum atomic E-state index is 12.4. The number of nitrogens with one attached hydrogen (secondary N) is 4. The van der Waals surface area contributed by atoms with Gasteiger partial charge >= 0.3 is 0 Å². The molecule has 0 fully saturated rings. The Bertz CT molecular complexity index is 1200. The second-order valence-electron chi connectivity index (χ2n) is 8.07. The van der Waals surface area contributed by atoms with E-state index in [1.54, 1.807) is 42.5 Å². The molecule has 0 radical (unpaired) electrons. The summed E-state index contributed by atoms with van der Waals surface area (Å²) >= 11 is 6.11. The average molecular weight is 511 g/mol. The van der Waals surface area contributed by atoms with Crippen LogP contribution in [-0.4, -0.2) is 46.7 Å². The molecular formula is C26H27ClN4O5. The number of amides is 3. The van der Waals surface area contributed by atoms with Crippen molar-refractivity contribution in [3.63, 3.8) is 0 Å². The van der Waals surface area contributed by atoms with Gasteiger partial charge in [0, 0.05) is 22.8 Å². The molecule has 3 rings (SSSR count). The zero-order chi connectivity index (χ0) is 26.1. The van der Waals surface area contributed by atoms with Crippen molar-refractivity contribution >= 4 is 35.0 Å². The lowest BCUT2D eigenvalue weighted by molar-refractivity contribution is -0.133. The fraction of sp³-hybridized carbons (Fsp3) is 0.192. The van der Waals surface area contributed by atoms with Gasteiger partial charge in [0.2, 0.25) is 5.91 Å². The van der Waals surface area contributed by atoms with Crippen LogP contribution in [0.2, 0.25) is 5.02 Å². The minimum atomic E-state index is -1.30. The fourth-order valence-electron chi connectivity index (χ4n) is 3.42. The van der Waals surface area contributed by atoms with Crippen molar-refractivity contribution in [2.24, 2.45) is 0 Å². The molecule has 3 aromatic carbocycles. The van der Waals surface area contributed by atoms with Crippen molar-refractivity contribution < 1.29 is 24.7 Å². The molecule has 0 aliphatic heterocycles. The van der Waals surface area contributed by atoms with E-state index in [-0.39, 0.29) is 18.0 Å². The van der Waals surface area contributed by atoms with Gasteiger partial charge in [-0.2, -0.15) is 0 Å². The zero-order valence-electron chi connectivity index (χ0n) is 19.5. The Morgan fingerprint density at radius 2 is 1.53 bits per heavy atom. The summed E-state index contributed by atoms with van der Waals surface area (Å²) in [4.78, 5) is 36.2. The number of hydrogen-bond acceptors (Lipinski definition) is 6. The van der Waals surface area contributed by atoms with Crippen LogP contribution in [0.5, 0.6) is 0 Å². The van der Waals surface area contributed by atoms with Crippen LogP contribution in [0.3, 0.4) is 0 Å². The highest BCUT2D eigenvalue weighted by Crippen LogP contribution is 2.22. The maximum Gasteiger partial charge on any atom is 0.268 e. The molecule has 9 nitrogen and oxygen atoms in total. The summed E-state index contributed by atoms with van der Waals surface area (Å²) in [7, 11) is 0. The van der Waals surface area contributed by atoms with Gasteiger partial charge in [0.1, 0.15) is 6.04 Å². The Hall–Kier alpha value is -3.76. The van der Waals surface area contributed by atoms with Crippen LogP contribution in [0.15, 0.2) is 72.8 Å². The smallest absolute Gasteiger partial charge is 0.268 e. The predicted octanol–water partition coefficient (Wildman–Crippen LogP) is 2.72. The number of carbonyl (C=O) groups is 3. The van der Waals surface area contributed by atoms with Crippen LogP contribution in [0.25, 0.3) is 11.1 Å². The van der Waals surface area contributed by atoms with Crippen molar-refractivity contribution in [2.45, 2.75) is 25.6 Å². The topological polar surface area (TPSA) is 140 Å². The van der Waals surface area contributed by atoms with Crippen LogP contribution in [0, 0.1) is 0 Å². The van der Waals surface area contributed by atoms with Gasteiger partial charge in [-0.25, -0.2) is 5.48 Å². The summed E-state index contributed by atoms with van der Waals surface area (Å²) in [6.45, 7) is 1.94. The average Bonchev–Trinajstić information content (AvgIpc) is 2.88. The third kappa shape index (κ3) is 7.37. The van der Waals surface area contributed by atoms with Crippen molar-refractivity contribution in [2.75, 3.05) is 11.9 Å². The van der Waals surface area contributed by atoms with Gasteiger partial charge in [-0.1, -0.05) is 54.1 Å². The molecule has 0 aliphatic rings. The Kier molecular flexibility index (Phi) is 9.54. The Morgan fingerprint density at radius 1 is 0.917 bits per heavy atom. The minimum Gasteiger partial charge on any atom is -0.391 e. The number of carbonyl (C=O) groups excluding carboxylic acids is 3. The van der Waals surface area contributed by atoms with E-state index >= 15 is 0 Å². The van der Waals surface area contributed by atoms with E-state index in [4.69, 9.17) is 16.8 Å². The number of aliphatic hydroxyl groups is 1. The standard InChI is InChI=1S/C26H27ClN4O5/c1-16(32)24(26(35)31-36)30-25(34)19-8-6-17(7-9-19)18-10-12-21(13-11-18)29-23(33)15-28-14-20-4-2-3-5-22(20)27/h2-13,16,24,28,32,36H,14-15H2,1H3,(H,29,33)(H,30,34)(H,31,35)/t16-,24+/m1/s1. The van der Waals surface area contributed by atoms with Gasteiger partial charge in [-0.15, -0.1) is 0 Å². The highest BCUT2D eigenvalue weighted by atomic mass is 35.5. The van der Waals surface area contributed by atoms with Gasteiger partial charge in [0.15, 0.2) is 0 Å². The first-order valence-electron chi connectivity index (χ1n) is 11.2. The van der Waals surface area contributed by atoms with E-state index in [1.165, 1.54) is 12.4 Å². The molecule has 2 atom stereocenters. The number of halogens is 1. The Morgan fingerprint density at radius 3 is 2.11 bits per heavy atom. The molecule has 0 saturated carbocycles. The molecule has 0 unspecified atom stereocenters. The molecule has 0 aliphatic carbocycles. The molecule has 3 amide bonds. The van der Waals surface area contributed by atoms with E-state index in [9.17, 15) is 19.5 Å². The van der Waals surface area contributed by atoms with Crippen molar-refractivity contribution in [1.82, 2.24) is 16.1 Å². The van der Waals surface area contributed by atoms with E-state index in [0.29, 0.717) is 17.3 Å². The lowest BCUT2D eigenvalue weighted by Crippen LogP contribution is -2.51. The molecule has 0 spiro atoms. The van der Waals surface area contributed by atoms with Crippen molar-refractivity contribution in [1.29, 1.82) is 0 Å². The summed E-state index contributed by atoms with van der Waals surface area (Å²) in [5, 5.41) is 27.3. The second kappa shape index (κ2) is 12.8. The van der Waals surface area contributed by atoms with Gasteiger partial charge < -0.3 is 21.1 Å². The number of aliphatic hydroxyl groups excluding tert-OH is 1. The van der Waals surface area contributed by atoms with Gasteiger partial charge in [0.25, 0.3) is 11.8 Å². The summed E-state index contributed by atoms with van der Waals surface area (Å²) in [5.41, 5.74) is 4.97. The first kappa shape index (κ1) is 26.8. The number of hydroxylamine groups is 1. The van der Waals surface area contributed by atoms with Crippen molar-refractivity contribution in [3.8, 4) is 11.1 Å². The van der Waals surface area contributed by atoms with Gasteiger partial charge in [-0.3, -0.25) is 19.6 Å². The molecule has 0 bridgehead atoms. The van der Waals surface area contributed by atoms with Crippen LogP contribution < -0.4 is 21.4 Å². The molecule has 36 heavy (non-hydrogen) atoms. The predicted molar refractivity (Wildman–Crippen MR) is 137 cm³/mol. The van der Waals surface area contributed by atoms with E-state index < -0.39 is 24.0 Å². The molecule has 6 N–H and O–H groups in total. The van der Waals surface area contributed by atoms with Crippen LogP contribution in [-0.2, 0) is 16.1 Å².